The Morgan fingerprint density at radius 2 is 2.00 bits per heavy atom. The number of likely N-dealkylation sites (tertiary alicyclic amines) is 1. The molecule has 0 saturated carbocycles. The first-order chi connectivity index (χ1) is 9.47. The Morgan fingerprint density at radius 3 is 2.65 bits per heavy atom. The van der Waals surface area contributed by atoms with Crippen LogP contribution in [0.15, 0.2) is 33.9 Å². The zero-order chi connectivity index (χ0) is 14.7. The van der Waals surface area contributed by atoms with Gasteiger partial charge in [-0.1, -0.05) is 28.0 Å². The predicted molar refractivity (Wildman–Crippen MR) is 82.9 cm³/mol. The SMILES string of the molecule is C[C@H]1CN(C)[C@@H](C)C/C1=N\OC(=O)c1ccc(Br)cc1. The van der Waals surface area contributed by atoms with E-state index >= 15 is 0 Å². The number of rotatable bonds is 2. The van der Waals surface area contributed by atoms with Crippen LogP contribution in [-0.4, -0.2) is 36.2 Å². The third-order valence-corrected chi connectivity index (χ3v) is 4.24. The molecule has 2 rings (SSSR count). The van der Waals surface area contributed by atoms with E-state index in [0.29, 0.717) is 17.5 Å². The summed E-state index contributed by atoms with van der Waals surface area (Å²) in [7, 11) is 2.10. The Morgan fingerprint density at radius 1 is 1.35 bits per heavy atom. The number of piperidine rings is 1. The molecule has 0 aliphatic carbocycles. The Labute approximate surface area is 127 Å². The summed E-state index contributed by atoms with van der Waals surface area (Å²) in [5.41, 5.74) is 1.47. The maximum atomic E-state index is 11.9. The third-order valence-electron chi connectivity index (χ3n) is 3.71. The molecule has 1 fully saturated rings. The topological polar surface area (TPSA) is 41.9 Å². The normalized spacial score (nSPS) is 25.7. The highest BCUT2D eigenvalue weighted by molar-refractivity contribution is 9.10. The van der Waals surface area contributed by atoms with E-state index in [0.717, 1.165) is 23.1 Å². The number of carbonyl (C=O) groups excluding carboxylic acids is 1. The third kappa shape index (κ3) is 3.67. The van der Waals surface area contributed by atoms with Crippen LogP contribution < -0.4 is 0 Å². The van der Waals surface area contributed by atoms with Gasteiger partial charge in [0, 0.05) is 29.4 Å². The number of hydrogen-bond acceptors (Lipinski definition) is 4. The Bertz CT molecular complexity index is 513. The van der Waals surface area contributed by atoms with Gasteiger partial charge in [0.15, 0.2) is 0 Å². The van der Waals surface area contributed by atoms with Crippen molar-refractivity contribution < 1.29 is 9.63 Å². The van der Waals surface area contributed by atoms with Crippen molar-refractivity contribution in [3.8, 4) is 0 Å². The summed E-state index contributed by atoms with van der Waals surface area (Å²) < 4.78 is 0.929. The average molecular weight is 339 g/mol. The number of nitrogens with zero attached hydrogens (tertiary/aromatic N) is 2. The first-order valence-corrected chi connectivity index (χ1v) is 7.50. The minimum absolute atomic E-state index is 0.314. The minimum Gasteiger partial charge on any atom is -0.313 e. The summed E-state index contributed by atoms with van der Waals surface area (Å²) >= 11 is 3.33. The molecule has 0 aromatic heterocycles. The summed E-state index contributed by atoms with van der Waals surface area (Å²) in [5, 5.41) is 4.08. The lowest BCUT2D eigenvalue weighted by Crippen LogP contribution is -2.43. The van der Waals surface area contributed by atoms with Crippen molar-refractivity contribution in [3.05, 3.63) is 34.3 Å². The lowest BCUT2D eigenvalue weighted by atomic mass is 9.93. The van der Waals surface area contributed by atoms with Gasteiger partial charge in [-0.3, -0.25) is 0 Å². The summed E-state index contributed by atoms with van der Waals surface area (Å²) in [6.45, 7) is 5.20. The molecular formula is C15H19BrN2O2. The van der Waals surface area contributed by atoms with Gasteiger partial charge in [-0.25, -0.2) is 4.79 Å². The molecule has 20 heavy (non-hydrogen) atoms. The average Bonchev–Trinajstić information content (AvgIpc) is 2.42. The van der Waals surface area contributed by atoms with Crippen LogP contribution in [0.2, 0.25) is 0 Å². The van der Waals surface area contributed by atoms with Crippen molar-refractivity contribution in [1.29, 1.82) is 0 Å². The van der Waals surface area contributed by atoms with E-state index in [-0.39, 0.29) is 0 Å². The van der Waals surface area contributed by atoms with Crippen LogP contribution in [-0.2, 0) is 4.84 Å². The molecule has 0 N–H and O–H groups in total. The number of carbonyl (C=O) groups is 1. The van der Waals surface area contributed by atoms with Gasteiger partial charge < -0.3 is 9.74 Å². The molecule has 0 amide bonds. The molecule has 0 bridgehead atoms. The van der Waals surface area contributed by atoms with Crippen molar-refractivity contribution in [3.63, 3.8) is 0 Å². The van der Waals surface area contributed by atoms with E-state index in [1.165, 1.54) is 0 Å². The fourth-order valence-electron chi connectivity index (χ4n) is 2.24. The van der Waals surface area contributed by atoms with E-state index in [4.69, 9.17) is 4.84 Å². The highest BCUT2D eigenvalue weighted by atomic mass is 79.9. The quantitative estimate of drug-likeness (QED) is 0.613. The summed E-state index contributed by atoms with van der Waals surface area (Å²) in [6.07, 6.45) is 0.839. The highest BCUT2D eigenvalue weighted by Gasteiger charge is 2.26. The zero-order valence-corrected chi connectivity index (χ0v) is 13.6. The van der Waals surface area contributed by atoms with E-state index in [1.54, 1.807) is 12.1 Å². The molecule has 4 nitrogen and oxygen atoms in total. The fraction of sp³-hybridized carbons (Fsp3) is 0.467. The maximum Gasteiger partial charge on any atom is 0.365 e. The predicted octanol–water partition coefficient (Wildman–Crippen LogP) is 3.32. The molecule has 0 radical (unpaired) electrons. The lowest BCUT2D eigenvalue weighted by molar-refractivity contribution is 0.0508. The molecule has 108 valence electrons. The molecule has 0 spiro atoms. The Kier molecular flexibility index (Phi) is 4.94. The van der Waals surface area contributed by atoms with Gasteiger partial charge in [0.25, 0.3) is 0 Å². The monoisotopic (exact) mass is 338 g/mol. The summed E-state index contributed by atoms with van der Waals surface area (Å²) in [6, 6.07) is 7.48. The van der Waals surface area contributed by atoms with Gasteiger partial charge >= 0.3 is 5.97 Å². The number of oxime groups is 1. The second kappa shape index (κ2) is 6.50. The van der Waals surface area contributed by atoms with Crippen molar-refractivity contribution in [2.24, 2.45) is 11.1 Å². The molecule has 2 atom stereocenters. The van der Waals surface area contributed by atoms with Crippen molar-refractivity contribution in [2.75, 3.05) is 13.6 Å². The molecule has 0 unspecified atom stereocenters. The fourth-order valence-corrected chi connectivity index (χ4v) is 2.51. The first-order valence-electron chi connectivity index (χ1n) is 6.71. The van der Waals surface area contributed by atoms with Crippen LogP contribution in [0.3, 0.4) is 0 Å². The molecule has 1 heterocycles. The second-order valence-corrected chi connectivity index (χ2v) is 6.28. The van der Waals surface area contributed by atoms with Gasteiger partial charge in [0.05, 0.1) is 11.3 Å². The standard InChI is InChI=1S/C15H19BrN2O2/c1-10-9-18(3)11(2)8-14(10)17-20-15(19)12-4-6-13(16)7-5-12/h4-7,10-11H,8-9H2,1-3H3/b17-14+/t10-,11-/m0/s1. The van der Waals surface area contributed by atoms with E-state index < -0.39 is 5.97 Å². The zero-order valence-electron chi connectivity index (χ0n) is 12.0. The van der Waals surface area contributed by atoms with E-state index in [2.05, 4.69) is 46.9 Å². The first kappa shape index (κ1) is 15.2. The van der Waals surface area contributed by atoms with Crippen LogP contribution in [0.4, 0.5) is 0 Å². The van der Waals surface area contributed by atoms with Crippen LogP contribution in [0.1, 0.15) is 30.6 Å². The van der Waals surface area contributed by atoms with Crippen LogP contribution in [0.25, 0.3) is 0 Å². The van der Waals surface area contributed by atoms with Gasteiger partial charge in [-0.05, 0) is 38.2 Å². The molecule has 5 heteroatoms. The number of hydrogen-bond donors (Lipinski definition) is 0. The number of benzene rings is 1. The smallest absolute Gasteiger partial charge is 0.313 e. The van der Waals surface area contributed by atoms with Gasteiger partial charge in [-0.15, -0.1) is 0 Å². The van der Waals surface area contributed by atoms with Crippen LogP contribution >= 0.6 is 15.9 Å². The number of halogens is 1. The molecule has 1 aromatic carbocycles. The van der Waals surface area contributed by atoms with Gasteiger partial charge in [0.1, 0.15) is 0 Å². The molecule has 1 aliphatic heterocycles. The van der Waals surface area contributed by atoms with Crippen molar-refractivity contribution in [1.82, 2.24) is 4.90 Å². The highest BCUT2D eigenvalue weighted by Crippen LogP contribution is 2.18. The second-order valence-electron chi connectivity index (χ2n) is 5.36. The van der Waals surface area contributed by atoms with Crippen molar-refractivity contribution >= 4 is 27.6 Å². The minimum atomic E-state index is -0.413. The lowest BCUT2D eigenvalue weighted by Gasteiger charge is -2.34. The van der Waals surface area contributed by atoms with E-state index in [1.807, 2.05) is 12.1 Å². The molecule has 1 aliphatic rings. The van der Waals surface area contributed by atoms with Crippen molar-refractivity contribution in [2.45, 2.75) is 26.3 Å². The Hall–Kier alpha value is -1.20. The van der Waals surface area contributed by atoms with Crippen LogP contribution in [0, 0.1) is 5.92 Å². The summed E-state index contributed by atoms with van der Waals surface area (Å²) in [4.78, 5) is 19.3. The maximum absolute atomic E-state index is 11.9. The molecular weight excluding hydrogens is 320 g/mol. The van der Waals surface area contributed by atoms with Crippen LogP contribution in [0.5, 0.6) is 0 Å². The van der Waals surface area contributed by atoms with Gasteiger partial charge in [0.2, 0.25) is 0 Å². The largest absolute Gasteiger partial charge is 0.365 e. The van der Waals surface area contributed by atoms with Gasteiger partial charge in [-0.2, -0.15) is 0 Å². The summed E-state index contributed by atoms with van der Waals surface area (Å²) in [5.74, 6) is -0.0994. The molecule has 1 aromatic rings. The Balaban J connectivity index is 2.01. The molecule has 1 saturated heterocycles. The van der Waals surface area contributed by atoms with E-state index in [9.17, 15) is 4.79 Å².